The fourth-order valence-corrected chi connectivity index (χ4v) is 6.74. The van der Waals surface area contributed by atoms with E-state index in [9.17, 15) is 19.5 Å². The monoisotopic (exact) mass is 721 g/mol. The number of nitrogens with one attached hydrogen (secondary N) is 1. The number of carboxylic acid groups (broad SMARTS) is 1. The van der Waals surface area contributed by atoms with Crippen LogP contribution in [-0.2, 0) is 19.1 Å². The molecule has 0 fully saturated rings. The van der Waals surface area contributed by atoms with Crippen LogP contribution in [0.25, 0.3) is 0 Å². The van der Waals surface area contributed by atoms with Crippen molar-refractivity contribution in [1.29, 1.82) is 0 Å². The predicted molar refractivity (Wildman–Crippen MR) is 216 cm³/mol. The summed E-state index contributed by atoms with van der Waals surface area (Å²) in [4.78, 5) is 36.3. The molecule has 0 bridgehead atoms. The lowest BCUT2D eigenvalue weighted by Gasteiger charge is -2.18. The number of unbranched alkanes of at least 4 members (excludes halogenated alkanes) is 24. The number of allylic oxidation sites excluding steroid dienone is 2. The number of carboxylic acids is 1. The lowest BCUT2D eigenvalue weighted by Crippen LogP contribution is -2.40. The van der Waals surface area contributed by atoms with Gasteiger partial charge in [0.2, 0.25) is 5.91 Å². The normalized spacial score (nSPS) is 12.7. The molecule has 0 aliphatic rings. The molecule has 2 atom stereocenters. The van der Waals surface area contributed by atoms with E-state index >= 15 is 0 Å². The Hall–Kier alpha value is -1.89. The van der Waals surface area contributed by atoms with Crippen molar-refractivity contribution in [1.82, 2.24) is 5.32 Å². The average Bonchev–Trinajstić information content (AvgIpc) is 3.11. The van der Waals surface area contributed by atoms with Gasteiger partial charge < -0.3 is 20.9 Å². The molecule has 0 aliphatic heterocycles. The first kappa shape index (κ1) is 49.1. The van der Waals surface area contributed by atoms with E-state index in [1.165, 1.54) is 128 Å². The molecule has 0 aromatic carbocycles. The highest BCUT2D eigenvalue weighted by atomic mass is 16.5. The van der Waals surface area contributed by atoms with Crippen molar-refractivity contribution in [3.05, 3.63) is 12.2 Å². The van der Waals surface area contributed by atoms with E-state index in [4.69, 9.17) is 10.5 Å². The summed E-state index contributed by atoms with van der Waals surface area (Å²) in [5.41, 5.74) is 5.48. The molecule has 0 spiro atoms. The molecule has 0 heterocycles. The molecule has 7 heteroatoms. The maximum absolute atomic E-state index is 12.8. The van der Waals surface area contributed by atoms with E-state index < -0.39 is 12.0 Å². The third-order valence-corrected chi connectivity index (χ3v) is 10.1. The van der Waals surface area contributed by atoms with Crippen LogP contribution in [0.2, 0.25) is 0 Å². The van der Waals surface area contributed by atoms with Gasteiger partial charge in [0.05, 0.1) is 0 Å². The van der Waals surface area contributed by atoms with Crippen molar-refractivity contribution in [3.63, 3.8) is 0 Å². The molecule has 0 aromatic heterocycles. The molecule has 0 aromatic rings. The summed E-state index contributed by atoms with van der Waals surface area (Å²) >= 11 is 0. The second-order valence-electron chi connectivity index (χ2n) is 15.1. The van der Waals surface area contributed by atoms with Crippen LogP contribution in [0.1, 0.15) is 232 Å². The maximum atomic E-state index is 12.8. The van der Waals surface area contributed by atoms with Crippen LogP contribution >= 0.6 is 0 Å². The highest BCUT2D eigenvalue weighted by molar-refractivity contribution is 5.83. The standard InChI is InChI=1S/C44H84N2O5/c1-3-5-7-9-11-13-14-15-16-17-18-19-20-21-23-28-32-38-43(48)51-40(34-29-25-22-12-10-8-6-4-2)35-30-26-24-27-31-37-42(47)46-41(44(49)50)36-33-39-45/h15-16,40-41H,3-14,17-39,45H2,1-2H3,(H,46,47)(H,49,50)/b16-15-. The summed E-state index contributed by atoms with van der Waals surface area (Å²) in [6.07, 6.45) is 42.6. The fourth-order valence-electron chi connectivity index (χ4n) is 6.74. The first-order valence-electron chi connectivity index (χ1n) is 22.0. The average molecular weight is 721 g/mol. The molecular formula is C44H84N2O5. The Labute approximate surface area is 315 Å². The molecule has 1 amide bonds. The van der Waals surface area contributed by atoms with Crippen LogP contribution in [0.5, 0.6) is 0 Å². The Morgan fingerprint density at radius 3 is 1.41 bits per heavy atom. The topological polar surface area (TPSA) is 119 Å². The number of nitrogens with two attached hydrogens (primary N) is 1. The fraction of sp³-hybridized carbons (Fsp3) is 0.886. The van der Waals surface area contributed by atoms with Gasteiger partial charge in [0.25, 0.3) is 0 Å². The van der Waals surface area contributed by atoms with Gasteiger partial charge in [-0.3, -0.25) is 9.59 Å². The number of hydrogen-bond acceptors (Lipinski definition) is 5. The van der Waals surface area contributed by atoms with Crippen molar-refractivity contribution in [3.8, 4) is 0 Å². The molecule has 0 saturated carbocycles. The highest BCUT2D eigenvalue weighted by Gasteiger charge is 2.19. The van der Waals surface area contributed by atoms with Crippen molar-refractivity contribution >= 4 is 17.8 Å². The zero-order chi connectivity index (χ0) is 37.5. The molecule has 2 unspecified atom stereocenters. The van der Waals surface area contributed by atoms with Gasteiger partial charge in [-0.15, -0.1) is 0 Å². The number of ether oxygens (including phenoxy) is 1. The van der Waals surface area contributed by atoms with Gasteiger partial charge in [0.15, 0.2) is 0 Å². The summed E-state index contributed by atoms with van der Waals surface area (Å²) in [7, 11) is 0. The van der Waals surface area contributed by atoms with E-state index in [2.05, 4.69) is 31.3 Å². The predicted octanol–water partition coefficient (Wildman–Crippen LogP) is 12.3. The molecule has 4 N–H and O–H groups in total. The van der Waals surface area contributed by atoms with E-state index in [1.807, 2.05) is 0 Å². The van der Waals surface area contributed by atoms with Gasteiger partial charge in [-0.2, -0.15) is 0 Å². The lowest BCUT2D eigenvalue weighted by atomic mass is 10.0. The summed E-state index contributed by atoms with van der Waals surface area (Å²) in [5.74, 6) is -1.23. The van der Waals surface area contributed by atoms with Gasteiger partial charge in [-0.25, -0.2) is 4.79 Å². The third kappa shape index (κ3) is 36.3. The molecule has 0 radical (unpaired) electrons. The van der Waals surface area contributed by atoms with E-state index in [0.717, 1.165) is 64.2 Å². The molecule has 0 aliphatic carbocycles. The van der Waals surface area contributed by atoms with Crippen molar-refractivity contribution < 1.29 is 24.2 Å². The number of esters is 1. The zero-order valence-corrected chi connectivity index (χ0v) is 33.7. The van der Waals surface area contributed by atoms with Gasteiger partial charge in [-0.1, -0.05) is 154 Å². The van der Waals surface area contributed by atoms with Gasteiger partial charge in [0.1, 0.15) is 12.1 Å². The lowest BCUT2D eigenvalue weighted by molar-refractivity contribution is -0.150. The zero-order valence-electron chi connectivity index (χ0n) is 33.7. The maximum Gasteiger partial charge on any atom is 0.326 e. The number of aliphatic carboxylic acids is 1. The van der Waals surface area contributed by atoms with E-state index in [1.54, 1.807) is 0 Å². The Morgan fingerprint density at radius 1 is 0.549 bits per heavy atom. The molecular weight excluding hydrogens is 636 g/mol. The number of amides is 1. The molecule has 51 heavy (non-hydrogen) atoms. The number of hydrogen-bond donors (Lipinski definition) is 3. The Kier molecular flexibility index (Phi) is 37.9. The van der Waals surface area contributed by atoms with Crippen LogP contribution in [0.4, 0.5) is 0 Å². The number of carbonyl (C=O) groups is 3. The quantitative estimate of drug-likeness (QED) is 0.0329. The first-order valence-corrected chi connectivity index (χ1v) is 22.0. The van der Waals surface area contributed by atoms with Crippen LogP contribution in [0.15, 0.2) is 12.2 Å². The molecule has 7 nitrogen and oxygen atoms in total. The van der Waals surface area contributed by atoms with Crippen LogP contribution < -0.4 is 11.1 Å². The minimum Gasteiger partial charge on any atom is -0.480 e. The Morgan fingerprint density at radius 2 is 0.961 bits per heavy atom. The minimum atomic E-state index is -1.00. The van der Waals surface area contributed by atoms with E-state index in [0.29, 0.717) is 32.2 Å². The first-order chi connectivity index (χ1) is 24.9. The van der Waals surface area contributed by atoms with Gasteiger partial charge in [-0.05, 0) is 83.6 Å². The van der Waals surface area contributed by atoms with Gasteiger partial charge in [0, 0.05) is 12.8 Å². The summed E-state index contributed by atoms with van der Waals surface area (Å²) in [5, 5.41) is 11.9. The van der Waals surface area contributed by atoms with Crippen molar-refractivity contribution in [2.24, 2.45) is 5.73 Å². The Balaban J connectivity index is 4.17. The van der Waals surface area contributed by atoms with Crippen LogP contribution in [0.3, 0.4) is 0 Å². The summed E-state index contributed by atoms with van der Waals surface area (Å²) < 4.78 is 6.03. The largest absolute Gasteiger partial charge is 0.480 e. The molecule has 0 rings (SSSR count). The third-order valence-electron chi connectivity index (χ3n) is 10.1. The number of rotatable bonds is 40. The van der Waals surface area contributed by atoms with E-state index in [-0.39, 0.29) is 18.0 Å². The van der Waals surface area contributed by atoms with Gasteiger partial charge >= 0.3 is 11.9 Å². The second-order valence-corrected chi connectivity index (χ2v) is 15.1. The highest BCUT2D eigenvalue weighted by Crippen LogP contribution is 2.19. The smallest absolute Gasteiger partial charge is 0.326 e. The second kappa shape index (κ2) is 39.3. The SMILES string of the molecule is CCCCCCCC/C=C\CCCCCCCCCC(=O)OC(CCCCCCCCCC)CCCCCCCC(=O)NC(CCCN)C(=O)O. The summed E-state index contributed by atoms with van der Waals surface area (Å²) in [6, 6.07) is -0.853. The number of carbonyl (C=O) groups excluding carboxylic acids is 2. The molecule has 300 valence electrons. The molecule has 0 saturated heterocycles. The van der Waals surface area contributed by atoms with Crippen LogP contribution in [0, 0.1) is 0 Å². The van der Waals surface area contributed by atoms with Crippen LogP contribution in [-0.4, -0.2) is 41.6 Å². The Bertz CT molecular complexity index is 817. The summed E-state index contributed by atoms with van der Waals surface area (Å²) in [6.45, 7) is 4.94. The van der Waals surface area contributed by atoms with Crippen molar-refractivity contribution in [2.75, 3.05) is 6.54 Å². The minimum absolute atomic E-state index is 0.0182. The van der Waals surface area contributed by atoms with Crippen molar-refractivity contribution in [2.45, 2.75) is 244 Å².